The van der Waals surface area contributed by atoms with Gasteiger partial charge in [-0.1, -0.05) is 29.3 Å². The summed E-state index contributed by atoms with van der Waals surface area (Å²) in [5, 5.41) is 1.85. The van der Waals surface area contributed by atoms with Crippen LogP contribution in [0.5, 0.6) is 0 Å². The van der Waals surface area contributed by atoms with E-state index >= 15 is 0 Å². The molecule has 0 saturated heterocycles. The second-order valence-corrected chi connectivity index (χ2v) is 10.6. The van der Waals surface area contributed by atoms with Gasteiger partial charge in [-0.05, 0) is 75.3 Å². The highest BCUT2D eigenvalue weighted by Gasteiger charge is 2.58. The van der Waals surface area contributed by atoms with Crippen molar-refractivity contribution in [2.24, 2.45) is 0 Å². The molecule has 0 N–H and O–H groups in total. The second-order valence-electron chi connectivity index (χ2n) is 6.66. The predicted octanol–water partition coefficient (Wildman–Crippen LogP) is 8.35. The average Bonchev–Trinajstić information content (AvgIpc) is 3.13. The predicted molar refractivity (Wildman–Crippen MR) is 126 cm³/mol. The number of carbonyl (C=O) groups is 1. The number of rotatable bonds is 6. The zero-order chi connectivity index (χ0) is 22.8. The van der Waals surface area contributed by atoms with Crippen molar-refractivity contribution in [3.05, 3.63) is 67.5 Å². The largest absolute Gasteiger partial charge is 0.465 e. The molecular formula is C21H16BrCl2F3O2S2. The number of esters is 1. The van der Waals surface area contributed by atoms with Crippen molar-refractivity contribution in [1.29, 1.82) is 0 Å². The molecule has 10 heteroatoms. The van der Waals surface area contributed by atoms with Crippen molar-refractivity contribution in [2.45, 2.75) is 29.2 Å². The topological polar surface area (TPSA) is 26.3 Å². The van der Waals surface area contributed by atoms with E-state index in [1.807, 2.05) is 0 Å². The van der Waals surface area contributed by atoms with E-state index in [1.165, 1.54) is 35.4 Å². The fraction of sp³-hybridized carbons (Fsp3) is 0.286. The molecule has 0 bridgehead atoms. The highest BCUT2D eigenvalue weighted by atomic mass is 79.9. The molecule has 1 aliphatic rings. The average molecular weight is 572 g/mol. The summed E-state index contributed by atoms with van der Waals surface area (Å²) in [5.74, 6) is -0.176. The van der Waals surface area contributed by atoms with Gasteiger partial charge in [-0.25, -0.2) is 0 Å². The Hall–Kier alpha value is -0.800. The number of carbonyl (C=O) groups excluding carboxylic acids is 1. The monoisotopic (exact) mass is 570 g/mol. The molecule has 1 unspecified atom stereocenters. The van der Waals surface area contributed by atoms with E-state index in [0.717, 1.165) is 4.90 Å². The van der Waals surface area contributed by atoms with E-state index in [4.69, 9.17) is 27.9 Å². The second kappa shape index (κ2) is 10.00. The summed E-state index contributed by atoms with van der Waals surface area (Å²) in [6, 6.07) is 9.33. The maximum Gasteiger partial charge on any atom is 0.407 e. The molecule has 31 heavy (non-hydrogen) atoms. The Balaban J connectivity index is 1.85. The molecule has 0 amide bonds. The molecule has 1 heterocycles. The molecule has 2 aromatic rings. The molecule has 0 spiro atoms. The van der Waals surface area contributed by atoms with Crippen LogP contribution in [0.1, 0.15) is 24.5 Å². The molecule has 0 fully saturated rings. The van der Waals surface area contributed by atoms with Gasteiger partial charge in [0.15, 0.2) is 0 Å². The minimum absolute atomic E-state index is 0.0226. The first kappa shape index (κ1) is 24.8. The Labute approximate surface area is 205 Å². The van der Waals surface area contributed by atoms with Crippen LogP contribution < -0.4 is 0 Å². The van der Waals surface area contributed by atoms with Gasteiger partial charge >= 0.3 is 12.1 Å². The molecule has 0 saturated carbocycles. The highest BCUT2D eigenvalue weighted by Crippen LogP contribution is 2.60. The van der Waals surface area contributed by atoms with Crippen molar-refractivity contribution >= 4 is 74.2 Å². The number of hydrogen-bond donors (Lipinski definition) is 0. The van der Waals surface area contributed by atoms with E-state index in [2.05, 4.69) is 15.9 Å². The number of allylic oxidation sites excluding steroid dienone is 1. The zero-order valence-electron chi connectivity index (χ0n) is 16.1. The maximum absolute atomic E-state index is 14.2. The fourth-order valence-corrected chi connectivity index (χ4v) is 6.29. The third-order valence-corrected chi connectivity index (χ3v) is 8.40. The van der Waals surface area contributed by atoms with E-state index < -0.39 is 10.9 Å². The first-order valence-corrected chi connectivity index (χ1v) is 12.5. The van der Waals surface area contributed by atoms with E-state index in [-0.39, 0.29) is 33.8 Å². The van der Waals surface area contributed by atoms with Gasteiger partial charge in [0.1, 0.15) is 4.75 Å². The molecule has 1 aliphatic heterocycles. The Bertz CT molecular complexity index is 1010. The zero-order valence-corrected chi connectivity index (χ0v) is 20.8. The normalized spacial score (nSPS) is 18.7. The molecule has 1 atom stereocenters. The molecule has 2 aromatic carbocycles. The van der Waals surface area contributed by atoms with Gasteiger partial charge in [-0.2, -0.15) is 13.2 Å². The summed E-state index contributed by atoms with van der Waals surface area (Å²) in [6.45, 7) is 2.04. The quantitative estimate of drug-likeness (QED) is 0.257. The molecule has 166 valence electrons. The summed E-state index contributed by atoms with van der Waals surface area (Å²) in [4.78, 5) is 12.4. The summed E-state index contributed by atoms with van der Waals surface area (Å²) in [7, 11) is 0. The van der Waals surface area contributed by atoms with Crippen LogP contribution in [0.2, 0.25) is 10.0 Å². The Kier molecular flexibility index (Phi) is 8.01. The van der Waals surface area contributed by atoms with E-state index in [9.17, 15) is 18.0 Å². The molecular weight excluding hydrogens is 556 g/mol. The van der Waals surface area contributed by atoms with Gasteiger partial charge in [0, 0.05) is 25.8 Å². The number of hydrogen-bond acceptors (Lipinski definition) is 4. The minimum Gasteiger partial charge on any atom is -0.465 e. The van der Waals surface area contributed by atoms with Crippen LogP contribution in [0.25, 0.3) is 5.57 Å². The Morgan fingerprint density at radius 1 is 1.23 bits per heavy atom. The lowest BCUT2D eigenvalue weighted by Crippen LogP contribution is -2.37. The minimum atomic E-state index is -4.52. The molecule has 3 rings (SSSR count). The highest BCUT2D eigenvalue weighted by molar-refractivity contribution is 9.10. The molecule has 0 aromatic heterocycles. The van der Waals surface area contributed by atoms with E-state index in [0.29, 0.717) is 34.0 Å². The fourth-order valence-electron chi connectivity index (χ4n) is 3.14. The first-order valence-electron chi connectivity index (χ1n) is 9.04. The maximum atomic E-state index is 14.2. The number of alkyl halides is 3. The van der Waals surface area contributed by atoms with Gasteiger partial charge in [-0.3, -0.25) is 4.79 Å². The molecule has 0 aliphatic carbocycles. The van der Waals surface area contributed by atoms with E-state index in [1.54, 1.807) is 25.1 Å². The smallest absolute Gasteiger partial charge is 0.407 e. The molecule has 2 nitrogen and oxygen atoms in total. The standard InChI is InChI=1S/C21H16BrCl2F3O2S2/c1-2-29-19(28)11-30-18-4-3-12(5-17(18)22)13-9-20(31-10-13,21(25,26)27)14-6-15(23)8-16(24)7-14/h3-8,10H,2,9,11H2,1H3. The third kappa shape index (κ3) is 5.58. The molecule has 0 radical (unpaired) electrons. The van der Waals surface area contributed by atoms with Gasteiger partial charge in [0.2, 0.25) is 0 Å². The van der Waals surface area contributed by atoms with Crippen LogP contribution in [0.4, 0.5) is 13.2 Å². The Morgan fingerprint density at radius 2 is 1.90 bits per heavy atom. The van der Waals surface area contributed by atoms with Crippen LogP contribution >= 0.6 is 62.7 Å². The lowest BCUT2D eigenvalue weighted by atomic mass is 9.88. The SMILES string of the molecule is CCOC(=O)CSc1ccc(C2=CSC(c3cc(Cl)cc(Cl)c3)(C(F)(F)F)C2)cc1Br. The lowest BCUT2D eigenvalue weighted by Gasteiger charge is -2.32. The number of ether oxygens (including phenoxy) is 1. The summed E-state index contributed by atoms with van der Waals surface area (Å²) in [6.07, 6.45) is -4.77. The lowest BCUT2D eigenvalue weighted by molar-refractivity contribution is -0.160. The third-order valence-electron chi connectivity index (χ3n) is 4.58. The first-order chi connectivity index (χ1) is 14.6. The van der Waals surface area contributed by atoms with Crippen LogP contribution in [-0.2, 0) is 14.3 Å². The van der Waals surface area contributed by atoms with Gasteiger partial charge in [-0.15, -0.1) is 23.5 Å². The van der Waals surface area contributed by atoms with Crippen LogP contribution in [0.3, 0.4) is 0 Å². The van der Waals surface area contributed by atoms with Crippen LogP contribution in [0, 0.1) is 0 Å². The van der Waals surface area contributed by atoms with Crippen molar-refractivity contribution in [2.75, 3.05) is 12.4 Å². The van der Waals surface area contributed by atoms with Gasteiger partial charge in [0.25, 0.3) is 0 Å². The van der Waals surface area contributed by atoms with Crippen molar-refractivity contribution in [3.63, 3.8) is 0 Å². The van der Waals surface area contributed by atoms with Crippen molar-refractivity contribution in [3.8, 4) is 0 Å². The number of halogens is 6. The summed E-state index contributed by atoms with van der Waals surface area (Å²) >= 11 is 17.4. The Morgan fingerprint density at radius 3 is 2.48 bits per heavy atom. The van der Waals surface area contributed by atoms with Crippen molar-refractivity contribution in [1.82, 2.24) is 0 Å². The van der Waals surface area contributed by atoms with Crippen LogP contribution in [-0.4, -0.2) is 24.5 Å². The summed E-state index contributed by atoms with van der Waals surface area (Å²) < 4.78 is 46.2. The van der Waals surface area contributed by atoms with Gasteiger partial charge < -0.3 is 4.74 Å². The van der Waals surface area contributed by atoms with Gasteiger partial charge in [0.05, 0.1) is 12.4 Å². The number of thioether (sulfide) groups is 2. The van der Waals surface area contributed by atoms with Crippen molar-refractivity contribution < 1.29 is 22.7 Å². The van der Waals surface area contributed by atoms with Crippen LogP contribution in [0.15, 0.2) is 51.2 Å². The number of benzene rings is 2. The summed E-state index contributed by atoms with van der Waals surface area (Å²) in [5.41, 5.74) is 1.25.